The van der Waals surface area contributed by atoms with Crippen LogP contribution in [-0.4, -0.2) is 34.9 Å². The number of rotatable bonds is 4. The van der Waals surface area contributed by atoms with Crippen molar-refractivity contribution in [1.29, 1.82) is 0 Å². The summed E-state index contributed by atoms with van der Waals surface area (Å²) >= 11 is 0. The SMILES string of the molecule is CC(C)(C)C(O)CNC(=O)c1ccc(C=O)[nH]1. The van der Waals surface area contributed by atoms with Crippen LogP contribution in [0.1, 0.15) is 41.7 Å². The van der Waals surface area contributed by atoms with Gasteiger partial charge in [0.2, 0.25) is 0 Å². The lowest BCUT2D eigenvalue weighted by Gasteiger charge is -2.25. The van der Waals surface area contributed by atoms with Gasteiger partial charge in [-0.05, 0) is 17.5 Å². The van der Waals surface area contributed by atoms with E-state index in [9.17, 15) is 14.7 Å². The lowest BCUT2D eigenvalue weighted by atomic mass is 9.89. The summed E-state index contributed by atoms with van der Waals surface area (Å²) in [4.78, 5) is 24.7. The molecule has 1 aromatic rings. The molecule has 1 amide bonds. The van der Waals surface area contributed by atoms with E-state index in [0.717, 1.165) is 0 Å². The fraction of sp³-hybridized carbons (Fsp3) is 0.500. The van der Waals surface area contributed by atoms with Gasteiger partial charge in [-0.15, -0.1) is 0 Å². The Morgan fingerprint density at radius 1 is 1.53 bits per heavy atom. The second kappa shape index (κ2) is 5.14. The molecule has 0 saturated carbocycles. The van der Waals surface area contributed by atoms with Crippen molar-refractivity contribution < 1.29 is 14.7 Å². The number of aliphatic hydroxyl groups excluding tert-OH is 1. The second-order valence-corrected chi connectivity index (χ2v) is 5.04. The van der Waals surface area contributed by atoms with E-state index < -0.39 is 6.10 Å². The summed E-state index contributed by atoms with van der Waals surface area (Å²) in [5.74, 6) is -0.332. The van der Waals surface area contributed by atoms with Gasteiger partial charge in [-0.3, -0.25) is 9.59 Å². The average molecular weight is 238 g/mol. The molecule has 1 heterocycles. The number of amides is 1. The molecule has 0 saturated heterocycles. The first kappa shape index (κ1) is 13.4. The number of H-pyrrole nitrogens is 1. The predicted molar refractivity (Wildman–Crippen MR) is 64.0 cm³/mol. The maximum absolute atomic E-state index is 11.6. The third-order valence-corrected chi connectivity index (χ3v) is 2.54. The Bertz CT molecular complexity index is 404. The van der Waals surface area contributed by atoms with Crippen molar-refractivity contribution in [2.75, 3.05) is 6.54 Å². The molecular weight excluding hydrogens is 220 g/mol. The lowest BCUT2D eigenvalue weighted by molar-refractivity contribution is 0.0585. The number of aromatic nitrogens is 1. The van der Waals surface area contributed by atoms with Crippen molar-refractivity contribution in [3.63, 3.8) is 0 Å². The highest BCUT2D eigenvalue weighted by atomic mass is 16.3. The van der Waals surface area contributed by atoms with Gasteiger partial charge in [0.15, 0.2) is 6.29 Å². The van der Waals surface area contributed by atoms with E-state index >= 15 is 0 Å². The smallest absolute Gasteiger partial charge is 0.267 e. The Morgan fingerprint density at radius 3 is 2.65 bits per heavy atom. The van der Waals surface area contributed by atoms with Gasteiger partial charge < -0.3 is 15.4 Å². The highest BCUT2D eigenvalue weighted by Gasteiger charge is 2.22. The van der Waals surface area contributed by atoms with Crippen molar-refractivity contribution in [2.24, 2.45) is 5.41 Å². The van der Waals surface area contributed by atoms with Crippen LogP contribution in [0, 0.1) is 5.41 Å². The van der Waals surface area contributed by atoms with Crippen LogP contribution in [0.5, 0.6) is 0 Å². The van der Waals surface area contributed by atoms with E-state index in [1.165, 1.54) is 12.1 Å². The number of nitrogens with one attached hydrogen (secondary N) is 2. The van der Waals surface area contributed by atoms with Crippen molar-refractivity contribution in [2.45, 2.75) is 26.9 Å². The highest BCUT2D eigenvalue weighted by Crippen LogP contribution is 2.18. The summed E-state index contributed by atoms with van der Waals surface area (Å²) in [5.41, 5.74) is 0.386. The Hall–Kier alpha value is -1.62. The Labute approximate surface area is 100 Å². The largest absolute Gasteiger partial charge is 0.391 e. The van der Waals surface area contributed by atoms with Gasteiger partial charge in [-0.1, -0.05) is 20.8 Å². The number of aldehydes is 1. The monoisotopic (exact) mass is 238 g/mol. The maximum Gasteiger partial charge on any atom is 0.267 e. The van der Waals surface area contributed by atoms with Crippen LogP contribution in [0.2, 0.25) is 0 Å². The quantitative estimate of drug-likeness (QED) is 0.683. The molecule has 0 aliphatic rings. The third-order valence-electron chi connectivity index (χ3n) is 2.54. The third kappa shape index (κ3) is 3.71. The minimum absolute atomic E-state index is 0.178. The Morgan fingerprint density at radius 2 is 2.18 bits per heavy atom. The summed E-state index contributed by atoms with van der Waals surface area (Å²) in [5, 5.41) is 12.4. The van der Waals surface area contributed by atoms with Crippen LogP contribution in [0.3, 0.4) is 0 Å². The molecular formula is C12H18N2O3. The van der Waals surface area contributed by atoms with Gasteiger partial charge in [0.05, 0.1) is 11.8 Å². The number of carbonyl (C=O) groups excluding carboxylic acids is 2. The predicted octanol–water partition coefficient (Wildman–Crippen LogP) is 0.964. The number of hydrogen-bond donors (Lipinski definition) is 3. The molecule has 94 valence electrons. The lowest BCUT2D eigenvalue weighted by Crippen LogP contribution is -2.39. The van der Waals surface area contributed by atoms with Gasteiger partial charge in [0, 0.05) is 6.54 Å². The molecule has 0 bridgehead atoms. The van der Waals surface area contributed by atoms with Gasteiger partial charge >= 0.3 is 0 Å². The number of carbonyl (C=O) groups is 2. The van der Waals surface area contributed by atoms with E-state index in [1.54, 1.807) is 0 Å². The van der Waals surface area contributed by atoms with Crippen LogP contribution in [0.25, 0.3) is 0 Å². The second-order valence-electron chi connectivity index (χ2n) is 5.04. The topological polar surface area (TPSA) is 82.2 Å². The van der Waals surface area contributed by atoms with Gasteiger partial charge in [0.1, 0.15) is 5.69 Å². The van der Waals surface area contributed by atoms with Crippen LogP contribution < -0.4 is 5.32 Å². The van der Waals surface area contributed by atoms with Gasteiger partial charge in [-0.2, -0.15) is 0 Å². The van der Waals surface area contributed by atoms with Crippen molar-refractivity contribution in [1.82, 2.24) is 10.3 Å². The molecule has 0 aliphatic heterocycles. The van der Waals surface area contributed by atoms with E-state index in [4.69, 9.17) is 0 Å². The Kier molecular flexibility index (Phi) is 4.07. The zero-order chi connectivity index (χ0) is 13.1. The minimum Gasteiger partial charge on any atom is -0.391 e. The molecule has 0 radical (unpaired) electrons. The van der Waals surface area contributed by atoms with Gasteiger partial charge in [-0.25, -0.2) is 0 Å². The van der Waals surface area contributed by atoms with E-state index in [2.05, 4.69) is 10.3 Å². The first-order valence-electron chi connectivity index (χ1n) is 5.45. The normalized spacial score (nSPS) is 13.2. The van der Waals surface area contributed by atoms with Crippen molar-refractivity contribution >= 4 is 12.2 Å². The first-order chi connectivity index (χ1) is 7.84. The molecule has 0 fully saturated rings. The zero-order valence-corrected chi connectivity index (χ0v) is 10.3. The summed E-state index contributed by atoms with van der Waals surface area (Å²) in [6.07, 6.45) is 0.0211. The molecule has 5 heteroatoms. The summed E-state index contributed by atoms with van der Waals surface area (Å²) in [6.45, 7) is 5.85. The molecule has 1 unspecified atom stereocenters. The minimum atomic E-state index is -0.619. The van der Waals surface area contributed by atoms with Crippen molar-refractivity contribution in [3.8, 4) is 0 Å². The molecule has 0 aromatic carbocycles. The molecule has 1 aromatic heterocycles. The van der Waals surface area contributed by atoms with Crippen LogP contribution >= 0.6 is 0 Å². The van der Waals surface area contributed by atoms with Crippen LogP contribution in [0.4, 0.5) is 0 Å². The van der Waals surface area contributed by atoms with Crippen LogP contribution in [-0.2, 0) is 0 Å². The van der Waals surface area contributed by atoms with Crippen molar-refractivity contribution in [3.05, 3.63) is 23.5 Å². The molecule has 5 nitrogen and oxygen atoms in total. The fourth-order valence-corrected chi connectivity index (χ4v) is 1.20. The molecule has 0 spiro atoms. The summed E-state index contributed by atoms with van der Waals surface area (Å²) in [6, 6.07) is 3.06. The van der Waals surface area contributed by atoms with E-state index in [1.807, 2.05) is 20.8 Å². The number of aliphatic hydroxyl groups is 1. The number of hydrogen-bond acceptors (Lipinski definition) is 3. The maximum atomic E-state index is 11.6. The highest BCUT2D eigenvalue weighted by molar-refractivity contribution is 5.93. The molecule has 0 aliphatic carbocycles. The number of aromatic amines is 1. The average Bonchev–Trinajstić information content (AvgIpc) is 2.72. The molecule has 1 rings (SSSR count). The fourth-order valence-electron chi connectivity index (χ4n) is 1.20. The molecule has 3 N–H and O–H groups in total. The zero-order valence-electron chi connectivity index (χ0n) is 10.3. The molecule has 17 heavy (non-hydrogen) atoms. The van der Waals surface area contributed by atoms with E-state index in [-0.39, 0.29) is 17.9 Å². The molecule has 1 atom stereocenters. The van der Waals surface area contributed by atoms with Gasteiger partial charge in [0.25, 0.3) is 5.91 Å². The van der Waals surface area contributed by atoms with Crippen LogP contribution in [0.15, 0.2) is 12.1 Å². The summed E-state index contributed by atoms with van der Waals surface area (Å²) in [7, 11) is 0. The first-order valence-corrected chi connectivity index (χ1v) is 5.45. The van der Waals surface area contributed by atoms with E-state index in [0.29, 0.717) is 17.7 Å². The standard InChI is InChI=1S/C12H18N2O3/c1-12(2,3)10(16)6-13-11(17)9-5-4-8(7-15)14-9/h4-5,7,10,14,16H,6H2,1-3H3,(H,13,17). The Balaban J connectivity index is 2.53. The summed E-state index contributed by atoms with van der Waals surface area (Å²) < 4.78 is 0.